The molecule has 36 heavy (non-hydrogen) atoms. The molecule has 0 aliphatic carbocycles. The van der Waals surface area contributed by atoms with E-state index in [0.29, 0.717) is 38.8 Å². The van der Waals surface area contributed by atoms with Crippen LogP contribution in [0.2, 0.25) is 0 Å². The lowest BCUT2D eigenvalue weighted by atomic mass is 9.88. The minimum atomic E-state index is -1.06. The Morgan fingerprint density at radius 3 is 2.39 bits per heavy atom. The number of amides is 4. The lowest BCUT2D eigenvalue weighted by Crippen LogP contribution is -2.66. The van der Waals surface area contributed by atoms with E-state index in [-0.39, 0.29) is 42.1 Å². The highest BCUT2D eigenvalue weighted by molar-refractivity contribution is 5.96. The van der Waals surface area contributed by atoms with Crippen LogP contribution in [0.5, 0.6) is 0 Å². The second kappa shape index (κ2) is 11.9. The molecule has 9 nitrogen and oxygen atoms in total. The molecule has 3 rings (SSSR count). The second-order valence-corrected chi connectivity index (χ2v) is 10.5. The zero-order valence-corrected chi connectivity index (χ0v) is 22.2. The van der Waals surface area contributed by atoms with Gasteiger partial charge in [-0.3, -0.25) is 19.2 Å². The standard InChI is InChI=1S/C27H41N5O4/c1-18(2)16-23(33)31-15-13-27(26(36)29-19(3)21-10-7-6-8-11-21)12-9-14-32(27)25(35)22(17-31)30-24(34)20(4)28-5/h6-8,10-11,18-20,22,28H,9,12-17H2,1-5H3,(H,29,36)(H,30,34). The number of nitrogens with one attached hydrogen (secondary N) is 3. The van der Waals surface area contributed by atoms with E-state index in [1.807, 2.05) is 51.1 Å². The summed E-state index contributed by atoms with van der Waals surface area (Å²) in [6.45, 7) is 8.47. The Hall–Kier alpha value is -2.94. The van der Waals surface area contributed by atoms with Gasteiger partial charge in [-0.05, 0) is 51.6 Å². The highest BCUT2D eigenvalue weighted by Gasteiger charge is 2.52. The largest absolute Gasteiger partial charge is 0.348 e. The van der Waals surface area contributed by atoms with Gasteiger partial charge in [-0.1, -0.05) is 44.2 Å². The lowest BCUT2D eigenvalue weighted by molar-refractivity contribution is -0.152. The van der Waals surface area contributed by atoms with Crippen LogP contribution in [0, 0.1) is 5.92 Å². The second-order valence-electron chi connectivity index (χ2n) is 10.5. The summed E-state index contributed by atoms with van der Waals surface area (Å²) >= 11 is 0. The van der Waals surface area contributed by atoms with Crippen LogP contribution in [0.3, 0.4) is 0 Å². The van der Waals surface area contributed by atoms with Crippen LogP contribution < -0.4 is 16.0 Å². The summed E-state index contributed by atoms with van der Waals surface area (Å²) in [7, 11) is 1.67. The van der Waals surface area contributed by atoms with E-state index >= 15 is 0 Å². The molecule has 0 saturated carbocycles. The summed E-state index contributed by atoms with van der Waals surface area (Å²) in [5, 5.41) is 8.85. The van der Waals surface area contributed by atoms with Crippen LogP contribution in [0.4, 0.5) is 0 Å². The molecular formula is C27H41N5O4. The molecule has 0 radical (unpaired) electrons. The summed E-state index contributed by atoms with van der Waals surface area (Å²) < 4.78 is 0. The van der Waals surface area contributed by atoms with E-state index in [1.165, 1.54) is 0 Å². The van der Waals surface area contributed by atoms with Gasteiger partial charge in [0.25, 0.3) is 0 Å². The number of carbonyl (C=O) groups is 4. The van der Waals surface area contributed by atoms with Crippen molar-refractivity contribution in [3.63, 3.8) is 0 Å². The van der Waals surface area contributed by atoms with E-state index in [2.05, 4.69) is 16.0 Å². The van der Waals surface area contributed by atoms with Gasteiger partial charge in [-0.25, -0.2) is 0 Å². The first-order valence-corrected chi connectivity index (χ1v) is 13.0. The number of rotatable bonds is 8. The number of nitrogens with zero attached hydrogens (tertiary/aromatic N) is 2. The maximum atomic E-state index is 13.9. The molecule has 2 aliphatic rings. The molecule has 2 saturated heterocycles. The van der Waals surface area contributed by atoms with Crippen molar-refractivity contribution in [2.45, 2.75) is 77.0 Å². The molecule has 4 atom stereocenters. The molecule has 2 aliphatic heterocycles. The van der Waals surface area contributed by atoms with E-state index in [0.717, 1.165) is 5.56 Å². The topological polar surface area (TPSA) is 111 Å². The van der Waals surface area contributed by atoms with Gasteiger partial charge < -0.3 is 25.8 Å². The highest BCUT2D eigenvalue weighted by atomic mass is 16.2. The van der Waals surface area contributed by atoms with Crippen molar-refractivity contribution in [2.24, 2.45) is 5.92 Å². The normalized spacial score (nSPS) is 23.9. The van der Waals surface area contributed by atoms with E-state index < -0.39 is 17.6 Å². The van der Waals surface area contributed by atoms with Gasteiger partial charge in [0.2, 0.25) is 23.6 Å². The molecule has 4 unspecified atom stereocenters. The average Bonchev–Trinajstić information content (AvgIpc) is 3.28. The molecule has 1 aromatic rings. The number of carbonyl (C=O) groups excluding carboxylic acids is 4. The highest BCUT2D eigenvalue weighted by Crippen LogP contribution is 2.36. The molecule has 2 fully saturated rings. The van der Waals surface area contributed by atoms with Crippen LogP contribution >= 0.6 is 0 Å². The minimum absolute atomic E-state index is 0.0710. The summed E-state index contributed by atoms with van der Waals surface area (Å²) in [4.78, 5) is 56.8. The van der Waals surface area contributed by atoms with Crippen LogP contribution in [-0.2, 0) is 19.2 Å². The monoisotopic (exact) mass is 499 g/mol. The van der Waals surface area contributed by atoms with Crippen molar-refractivity contribution in [3.05, 3.63) is 35.9 Å². The van der Waals surface area contributed by atoms with Crippen molar-refractivity contribution in [3.8, 4) is 0 Å². The molecule has 4 amide bonds. The first-order chi connectivity index (χ1) is 17.1. The first-order valence-electron chi connectivity index (χ1n) is 13.0. The Labute approximate surface area is 214 Å². The molecular weight excluding hydrogens is 458 g/mol. The molecule has 0 bridgehead atoms. The van der Waals surface area contributed by atoms with Crippen LogP contribution in [0.25, 0.3) is 0 Å². The molecule has 9 heteroatoms. The third-order valence-corrected chi connectivity index (χ3v) is 7.40. The smallest absolute Gasteiger partial charge is 0.247 e. The van der Waals surface area contributed by atoms with Crippen molar-refractivity contribution in [1.82, 2.24) is 25.8 Å². The van der Waals surface area contributed by atoms with Crippen molar-refractivity contribution in [2.75, 3.05) is 26.7 Å². The number of benzene rings is 1. The minimum Gasteiger partial charge on any atom is -0.348 e. The first kappa shape index (κ1) is 27.6. The molecule has 0 aromatic heterocycles. The Morgan fingerprint density at radius 1 is 1.06 bits per heavy atom. The SMILES string of the molecule is CNC(C)C(=O)NC1CN(C(=O)CC(C)C)CCC2(C(=O)NC(C)c3ccccc3)CCCN2C1=O. The van der Waals surface area contributed by atoms with Gasteiger partial charge in [0, 0.05) is 26.1 Å². The van der Waals surface area contributed by atoms with Crippen molar-refractivity contribution in [1.29, 1.82) is 0 Å². The summed E-state index contributed by atoms with van der Waals surface area (Å²) in [5.41, 5.74) is -0.0852. The zero-order valence-electron chi connectivity index (χ0n) is 22.2. The number of fused-ring (bicyclic) bond motifs is 1. The fourth-order valence-corrected chi connectivity index (χ4v) is 5.10. The average molecular weight is 500 g/mol. The van der Waals surface area contributed by atoms with Crippen molar-refractivity contribution >= 4 is 23.6 Å². The molecule has 2 heterocycles. The summed E-state index contributed by atoms with van der Waals surface area (Å²) in [5.74, 6) is -0.758. The van der Waals surface area contributed by atoms with E-state index in [1.54, 1.807) is 23.8 Å². The van der Waals surface area contributed by atoms with E-state index in [4.69, 9.17) is 0 Å². The zero-order chi connectivity index (χ0) is 26.5. The van der Waals surface area contributed by atoms with Gasteiger partial charge >= 0.3 is 0 Å². The lowest BCUT2D eigenvalue weighted by Gasteiger charge is -2.44. The van der Waals surface area contributed by atoms with Crippen LogP contribution in [-0.4, -0.2) is 77.7 Å². The van der Waals surface area contributed by atoms with Gasteiger partial charge in [0.1, 0.15) is 11.6 Å². The van der Waals surface area contributed by atoms with Crippen LogP contribution in [0.1, 0.15) is 65.0 Å². The maximum Gasteiger partial charge on any atom is 0.247 e. The van der Waals surface area contributed by atoms with E-state index in [9.17, 15) is 19.2 Å². The Morgan fingerprint density at radius 2 is 1.75 bits per heavy atom. The quantitative estimate of drug-likeness (QED) is 0.503. The van der Waals surface area contributed by atoms with Gasteiger partial charge in [-0.2, -0.15) is 0 Å². The summed E-state index contributed by atoms with van der Waals surface area (Å²) in [6.07, 6.45) is 1.91. The predicted octanol–water partition coefficient (Wildman–Crippen LogP) is 1.60. The Kier molecular flexibility index (Phi) is 9.11. The van der Waals surface area contributed by atoms with Gasteiger partial charge in [-0.15, -0.1) is 0 Å². The Balaban J connectivity index is 1.91. The number of hydrogen-bond acceptors (Lipinski definition) is 5. The third-order valence-electron chi connectivity index (χ3n) is 7.40. The molecule has 3 N–H and O–H groups in total. The molecule has 0 spiro atoms. The fraction of sp³-hybridized carbons (Fsp3) is 0.630. The fourth-order valence-electron chi connectivity index (χ4n) is 5.10. The molecule has 198 valence electrons. The Bertz CT molecular complexity index is 953. The number of likely N-dealkylation sites (N-methyl/N-ethyl adjacent to an activating group) is 1. The summed E-state index contributed by atoms with van der Waals surface area (Å²) in [6, 6.07) is 8.04. The van der Waals surface area contributed by atoms with Gasteiger partial charge in [0.05, 0.1) is 12.1 Å². The number of hydrogen-bond donors (Lipinski definition) is 3. The molecule has 1 aromatic carbocycles. The third kappa shape index (κ3) is 6.06. The van der Waals surface area contributed by atoms with Crippen LogP contribution in [0.15, 0.2) is 30.3 Å². The van der Waals surface area contributed by atoms with Gasteiger partial charge in [0.15, 0.2) is 0 Å². The predicted molar refractivity (Wildman–Crippen MR) is 138 cm³/mol. The maximum absolute atomic E-state index is 13.9. The van der Waals surface area contributed by atoms with Crippen molar-refractivity contribution < 1.29 is 19.2 Å².